The number of nitrogens with zero attached hydrogens (tertiary/aromatic N) is 1. The summed E-state index contributed by atoms with van der Waals surface area (Å²) in [6.45, 7) is 0.793. The number of hydrogen-bond donors (Lipinski definition) is 1. The van der Waals surface area contributed by atoms with Gasteiger partial charge in [-0.15, -0.1) is 0 Å². The number of aryl methyl sites for hydroxylation is 1. The largest absolute Gasteiger partial charge is 0.497 e. The Balaban J connectivity index is 1.70. The van der Waals surface area contributed by atoms with Crippen LogP contribution in [0.25, 0.3) is 0 Å². The van der Waals surface area contributed by atoms with E-state index in [-0.39, 0.29) is 24.4 Å². The minimum absolute atomic E-state index is 0.00392. The number of carbonyl (C=O) groups excluding carboxylic acids is 1. The van der Waals surface area contributed by atoms with Gasteiger partial charge in [-0.05, 0) is 55.4 Å². The van der Waals surface area contributed by atoms with Gasteiger partial charge in [-0.25, -0.2) is 12.7 Å². The molecule has 1 heterocycles. The number of rotatable bonds is 4. The van der Waals surface area contributed by atoms with E-state index in [1.165, 1.54) is 16.1 Å². The predicted molar refractivity (Wildman–Crippen MR) is 96.0 cm³/mol. The van der Waals surface area contributed by atoms with E-state index < -0.39 is 10.0 Å². The molecule has 2 aliphatic rings. The molecule has 3 rings (SSSR count). The van der Waals surface area contributed by atoms with Crippen molar-refractivity contribution in [2.24, 2.45) is 5.92 Å². The number of carbonyl (C=O) groups is 1. The van der Waals surface area contributed by atoms with Crippen LogP contribution < -0.4 is 10.1 Å². The third kappa shape index (κ3) is 4.15. The quantitative estimate of drug-likeness (QED) is 0.882. The number of hydrogen-bond acceptors (Lipinski definition) is 4. The van der Waals surface area contributed by atoms with Crippen LogP contribution in [0.2, 0.25) is 0 Å². The Labute approximate surface area is 149 Å². The second-order valence-electron chi connectivity index (χ2n) is 6.98. The standard InChI is InChI=1S/C18H26N2O4S/c1-24-15-8-9-16-13(11-15)5-3-7-17(16)19-18(21)14-6-4-10-20(12-14)25(2,22)23/h8-9,11,14,17H,3-7,10,12H2,1-2H3,(H,19,21)/t14-,17-/m1/s1. The molecule has 1 amide bonds. The maximum absolute atomic E-state index is 12.7. The number of piperidine rings is 1. The molecular formula is C18H26N2O4S. The molecule has 1 saturated heterocycles. The average molecular weight is 366 g/mol. The number of nitrogens with one attached hydrogen (secondary N) is 1. The maximum Gasteiger partial charge on any atom is 0.224 e. The van der Waals surface area contributed by atoms with E-state index >= 15 is 0 Å². The highest BCUT2D eigenvalue weighted by Gasteiger charge is 2.32. The summed E-state index contributed by atoms with van der Waals surface area (Å²) in [6, 6.07) is 5.99. The Morgan fingerprint density at radius 3 is 2.80 bits per heavy atom. The summed E-state index contributed by atoms with van der Waals surface area (Å²) in [7, 11) is -1.59. The normalized spacial score (nSPS) is 24.4. The third-order valence-electron chi connectivity index (χ3n) is 5.20. The fourth-order valence-corrected chi connectivity index (χ4v) is 4.73. The molecule has 0 saturated carbocycles. The predicted octanol–water partition coefficient (Wildman–Crippen LogP) is 1.86. The van der Waals surface area contributed by atoms with Gasteiger partial charge in [-0.3, -0.25) is 4.79 Å². The van der Waals surface area contributed by atoms with Crippen molar-refractivity contribution >= 4 is 15.9 Å². The molecule has 1 N–H and O–H groups in total. The fraction of sp³-hybridized carbons (Fsp3) is 0.611. The minimum atomic E-state index is -3.24. The molecule has 2 atom stereocenters. The molecule has 6 nitrogen and oxygen atoms in total. The van der Waals surface area contributed by atoms with Crippen molar-refractivity contribution in [2.45, 2.75) is 38.1 Å². The number of amides is 1. The molecule has 0 aromatic heterocycles. The van der Waals surface area contributed by atoms with Crippen LogP contribution >= 0.6 is 0 Å². The lowest BCUT2D eigenvalue weighted by atomic mass is 9.87. The van der Waals surface area contributed by atoms with E-state index in [0.29, 0.717) is 6.54 Å². The van der Waals surface area contributed by atoms with E-state index in [4.69, 9.17) is 4.74 Å². The summed E-state index contributed by atoms with van der Waals surface area (Å²) in [6.07, 6.45) is 5.59. The Kier molecular flexibility index (Phi) is 5.34. The van der Waals surface area contributed by atoms with Gasteiger partial charge in [-0.2, -0.15) is 0 Å². The van der Waals surface area contributed by atoms with E-state index in [1.54, 1.807) is 7.11 Å². The molecule has 25 heavy (non-hydrogen) atoms. The van der Waals surface area contributed by atoms with Crippen LogP contribution in [-0.2, 0) is 21.2 Å². The molecule has 0 unspecified atom stereocenters. The first kappa shape index (κ1) is 18.2. The molecule has 0 bridgehead atoms. The van der Waals surface area contributed by atoms with E-state index in [1.807, 2.05) is 18.2 Å². The molecule has 1 aliphatic carbocycles. The van der Waals surface area contributed by atoms with Crippen molar-refractivity contribution in [3.8, 4) is 5.75 Å². The second kappa shape index (κ2) is 7.33. The van der Waals surface area contributed by atoms with Crippen LogP contribution in [0, 0.1) is 5.92 Å². The minimum Gasteiger partial charge on any atom is -0.497 e. The lowest BCUT2D eigenvalue weighted by Crippen LogP contribution is -2.46. The van der Waals surface area contributed by atoms with Crippen LogP contribution in [0.15, 0.2) is 18.2 Å². The van der Waals surface area contributed by atoms with Crippen molar-refractivity contribution < 1.29 is 17.9 Å². The van der Waals surface area contributed by atoms with Crippen molar-refractivity contribution in [3.63, 3.8) is 0 Å². The smallest absolute Gasteiger partial charge is 0.224 e. The first-order valence-electron chi connectivity index (χ1n) is 8.81. The topological polar surface area (TPSA) is 75.7 Å². The number of methoxy groups -OCH3 is 1. The molecule has 1 aliphatic heterocycles. The third-order valence-corrected chi connectivity index (χ3v) is 6.47. The summed E-state index contributed by atoms with van der Waals surface area (Å²) in [5.74, 6) is 0.524. The Morgan fingerprint density at radius 2 is 2.08 bits per heavy atom. The zero-order valence-electron chi connectivity index (χ0n) is 14.8. The van der Waals surface area contributed by atoms with Crippen LogP contribution in [0.5, 0.6) is 5.75 Å². The Hall–Kier alpha value is -1.60. The lowest BCUT2D eigenvalue weighted by molar-refractivity contribution is -0.127. The number of benzene rings is 1. The van der Waals surface area contributed by atoms with Gasteiger partial charge in [0.15, 0.2) is 0 Å². The van der Waals surface area contributed by atoms with Gasteiger partial charge in [0.2, 0.25) is 15.9 Å². The highest BCUT2D eigenvalue weighted by molar-refractivity contribution is 7.88. The van der Waals surface area contributed by atoms with Gasteiger partial charge in [-0.1, -0.05) is 6.07 Å². The number of fused-ring (bicyclic) bond motifs is 1. The zero-order chi connectivity index (χ0) is 18.0. The number of ether oxygens (including phenoxy) is 1. The molecule has 7 heteroatoms. The van der Waals surface area contributed by atoms with Gasteiger partial charge in [0.05, 0.1) is 25.3 Å². The molecule has 0 spiro atoms. The van der Waals surface area contributed by atoms with Gasteiger partial charge in [0.1, 0.15) is 5.75 Å². The van der Waals surface area contributed by atoms with Crippen molar-refractivity contribution in [1.29, 1.82) is 0 Å². The SMILES string of the molecule is COc1ccc2c(c1)CCC[C@H]2NC(=O)[C@@H]1CCCN(S(C)(=O)=O)C1. The molecule has 1 fully saturated rings. The van der Waals surface area contributed by atoms with Crippen LogP contribution in [0.1, 0.15) is 42.9 Å². The first-order chi connectivity index (χ1) is 11.9. The van der Waals surface area contributed by atoms with Crippen LogP contribution in [0.3, 0.4) is 0 Å². The Bertz CT molecular complexity index is 747. The maximum atomic E-state index is 12.7. The van der Waals surface area contributed by atoms with Gasteiger partial charge in [0.25, 0.3) is 0 Å². The van der Waals surface area contributed by atoms with Crippen LogP contribution in [0.4, 0.5) is 0 Å². The summed E-state index contributed by atoms with van der Waals surface area (Å²) in [5.41, 5.74) is 2.37. The van der Waals surface area contributed by atoms with Crippen LogP contribution in [-0.4, -0.2) is 45.1 Å². The molecule has 0 radical (unpaired) electrons. The van der Waals surface area contributed by atoms with Crippen molar-refractivity contribution in [1.82, 2.24) is 9.62 Å². The summed E-state index contributed by atoms with van der Waals surface area (Å²) in [5, 5.41) is 3.15. The van der Waals surface area contributed by atoms with Crippen molar-refractivity contribution in [3.05, 3.63) is 29.3 Å². The molecule has 138 valence electrons. The fourth-order valence-electron chi connectivity index (χ4n) is 3.81. The van der Waals surface area contributed by atoms with Gasteiger partial charge in [0, 0.05) is 13.1 Å². The summed E-state index contributed by atoms with van der Waals surface area (Å²) >= 11 is 0. The average Bonchev–Trinajstić information content (AvgIpc) is 2.61. The molecule has 1 aromatic carbocycles. The number of sulfonamides is 1. The highest BCUT2D eigenvalue weighted by atomic mass is 32.2. The molecular weight excluding hydrogens is 340 g/mol. The highest BCUT2D eigenvalue weighted by Crippen LogP contribution is 2.32. The summed E-state index contributed by atoms with van der Waals surface area (Å²) < 4.78 is 30.2. The lowest BCUT2D eigenvalue weighted by Gasteiger charge is -2.32. The van der Waals surface area contributed by atoms with E-state index in [0.717, 1.165) is 43.4 Å². The Morgan fingerprint density at radius 1 is 1.28 bits per heavy atom. The van der Waals surface area contributed by atoms with Gasteiger partial charge < -0.3 is 10.1 Å². The zero-order valence-corrected chi connectivity index (χ0v) is 15.6. The van der Waals surface area contributed by atoms with Gasteiger partial charge >= 0.3 is 0 Å². The first-order valence-corrected chi connectivity index (χ1v) is 10.7. The second-order valence-corrected chi connectivity index (χ2v) is 8.96. The van der Waals surface area contributed by atoms with Crippen molar-refractivity contribution in [2.75, 3.05) is 26.5 Å². The molecule has 1 aromatic rings. The monoisotopic (exact) mass is 366 g/mol. The summed E-state index contributed by atoms with van der Waals surface area (Å²) in [4.78, 5) is 12.7. The van der Waals surface area contributed by atoms with E-state index in [9.17, 15) is 13.2 Å². The van der Waals surface area contributed by atoms with E-state index in [2.05, 4.69) is 5.32 Å².